The molecule has 0 radical (unpaired) electrons. The minimum Gasteiger partial charge on any atom is -0.494 e. The fraction of sp³-hybridized carbons (Fsp3) is 0.400. The van der Waals surface area contributed by atoms with E-state index in [-0.39, 0.29) is 0 Å². The van der Waals surface area contributed by atoms with Gasteiger partial charge in [0.05, 0.1) is 36.0 Å². The highest BCUT2D eigenvalue weighted by Gasteiger charge is 2.17. The molecule has 1 aliphatic heterocycles. The average molecular weight is 647 g/mol. The van der Waals surface area contributed by atoms with E-state index in [1.807, 2.05) is 72.8 Å². The van der Waals surface area contributed by atoms with Crippen LogP contribution in [0.15, 0.2) is 118 Å². The second-order valence-electron chi connectivity index (χ2n) is 12.2. The second-order valence-corrected chi connectivity index (χ2v) is 12.2. The van der Waals surface area contributed by atoms with Gasteiger partial charge in [-0.25, -0.2) is 0 Å². The molecule has 1 fully saturated rings. The zero-order valence-corrected chi connectivity index (χ0v) is 28.6. The van der Waals surface area contributed by atoms with Crippen molar-refractivity contribution in [2.45, 2.75) is 65.2 Å². The van der Waals surface area contributed by atoms with Crippen LogP contribution in [0.3, 0.4) is 0 Å². The summed E-state index contributed by atoms with van der Waals surface area (Å²) in [4.78, 5) is 4.84. The lowest BCUT2D eigenvalue weighted by Gasteiger charge is -2.37. The molecule has 0 bridgehead atoms. The van der Waals surface area contributed by atoms with Gasteiger partial charge in [-0.15, -0.1) is 0 Å². The van der Waals surface area contributed by atoms with Crippen molar-refractivity contribution in [1.29, 1.82) is 0 Å². The molecule has 252 valence electrons. The summed E-state index contributed by atoms with van der Waals surface area (Å²) in [5.41, 5.74) is 5.71. The highest BCUT2D eigenvalue weighted by molar-refractivity contribution is 5.57. The third-order valence-electron chi connectivity index (χ3n) is 8.48. The molecule has 1 saturated heterocycles. The summed E-state index contributed by atoms with van der Waals surface area (Å²) in [6.45, 7) is 9.76. The van der Waals surface area contributed by atoms with Crippen molar-refractivity contribution >= 4 is 34.1 Å². The zero-order chi connectivity index (χ0) is 33.2. The summed E-state index contributed by atoms with van der Waals surface area (Å²) in [5, 5.41) is 17.7. The Kier molecular flexibility index (Phi) is 13.8. The Hall–Kier alpha value is -4.72. The Bertz CT molecular complexity index is 1410. The van der Waals surface area contributed by atoms with E-state index in [1.165, 1.54) is 49.9 Å². The van der Waals surface area contributed by atoms with Crippen molar-refractivity contribution in [2.75, 3.05) is 49.2 Å². The van der Waals surface area contributed by atoms with Gasteiger partial charge in [-0.1, -0.05) is 52.4 Å². The normalized spacial score (nSPS) is 13.5. The van der Waals surface area contributed by atoms with Crippen LogP contribution in [0, 0.1) is 0 Å². The van der Waals surface area contributed by atoms with Crippen LogP contribution in [0.1, 0.15) is 65.2 Å². The minimum atomic E-state index is 0.760. The summed E-state index contributed by atoms with van der Waals surface area (Å²) in [7, 11) is 0. The van der Waals surface area contributed by atoms with E-state index in [0.717, 1.165) is 86.5 Å². The Labute approximate surface area is 286 Å². The smallest absolute Gasteiger partial charge is 0.119 e. The van der Waals surface area contributed by atoms with Crippen LogP contribution >= 0.6 is 0 Å². The molecule has 0 aromatic heterocycles. The van der Waals surface area contributed by atoms with E-state index in [2.05, 4.69) is 68.4 Å². The topological polar surface area (TPSA) is 74.4 Å². The van der Waals surface area contributed by atoms with Gasteiger partial charge in [-0.05, 0) is 110 Å². The molecule has 4 aromatic carbocycles. The molecule has 8 nitrogen and oxygen atoms in total. The average Bonchev–Trinajstić information content (AvgIpc) is 3.14. The predicted molar refractivity (Wildman–Crippen MR) is 198 cm³/mol. The van der Waals surface area contributed by atoms with Crippen molar-refractivity contribution < 1.29 is 9.47 Å². The molecule has 0 N–H and O–H groups in total. The molecule has 5 rings (SSSR count). The maximum absolute atomic E-state index is 5.83. The molecule has 8 heteroatoms. The molecule has 1 aliphatic rings. The molecular formula is C40H50N6O2. The number of piperazine rings is 1. The van der Waals surface area contributed by atoms with Crippen LogP contribution in [-0.4, -0.2) is 39.4 Å². The molecule has 0 amide bonds. The quantitative estimate of drug-likeness (QED) is 0.0796. The molecule has 1 heterocycles. The third-order valence-corrected chi connectivity index (χ3v) is 8.48. The van der Waals surface area contributed by atoms with Crippen LogP contribution < -0.4 is 19.3 Å². The standard InChI is InChI=1S/C40H50N6O2/c1-3-5-7-9-31-47-39-23-15-35(16-24-39)43-41-33-11-19-37(20-12-33)45-27-29-46(30-28-45)38-21-13-34(14-22-38)42-44-36-17-25-40(26-18-36)48-32-10-8-6-4-2/h11-26H,3-10,27-32H2,1-2H3. The number of azo groups is 2. The molecule has 0 saturated carbocycles. The number of unbranched alkanes of at least 4 members (excludes halogenated alkanes) is 6. The van der Waals surface area contributed by atoms with Crippen LogP contribution in [0.2, 0.25) is 0 Å². The monoisotopic (exact) mass is 646 g/mol. The summed E-state index contributed by atoms with van der Waals surface area (Å²) < 4.78 is 11.7. The number of nitrogens with zero attached hydrogens (tertiary/aromatic N) is 6. The second kappa shape index (κ2) is 19.2. The van der Waals surface area contributed by atoms with Gasteiger partial charge in [0.1, 0.15) is 11.5 Å². The lowest BCUT2D eigenvalue weighted by Crippen LogP contribution is -2.46. The van der Waals surface area contributed by atoms with Crippen molar-refractivity contribution in [3.05, 3.63) is 97.1 Å². The van der Waals surface area contributed by atoms with Crippen LogP contribution in [-0.2, 0) is 0 Å². The van der Waals surface area contributed by atoms with Gasteiger partial charge in [-0.3, -0.25) is 0 Å². The van der Waals surface area contributed by atoms with Gasteiger partial charge in [0.25, 0.3) is 0 Å². The third kappa shape index (κ3) is 11.2. The van der Waals surface area contributed by atoms with Gasteiger partial charge in [0.2, 0.25) is 0 Å². The van der Waals surface area contributed by atoms with E-state index in [9.17, 15) is 0 Å². The number of benzene rings is 4. The Morgan fingerprint density at radius 3 is 1.04 bits per heavy atom. The number of anilines is 2. The van der Waals surface area contributed by atoms with E-state index in [4.69, 9.17) is 9.47 Å². The lowest BCUT2D eigenvalue weighted by molar-refractivity contribution is 0.305. The van der Waals surface area contributed by atoms with E-state index >= 15 is 0 Å². The van der Waals surface area contributed by atoms with Crippen LogP contribution in [0.5, 0.6) is 11.5 Å². The van der Waals surface area contributed by atoms with E-state index in [0.29, 0.717) is 0 Å². The van der Waals surface area contributed by atoms with Gasteiger partial charge in [0, 0.05) is 37.6 Å². The largest absolute Gasteiger partial charge is 0.494 e. The SMILES string of the molecule is CCCCCCOc1ccc(N=Nc2ccc(N3CCN(c4ccc(N=Nc5ccc(OCCCCCC)cc5)cc4)CC3)cc2)cc1. The number of rotatable bonds is 18. The first-order chi connectivity index (χ1) is 23.7. The summed E-state index contributed by atoms with van der Waals surface area (Å²) in [6.07, 6.45) is 9.61. The Morgan fingerprint density at radius 1 is 0.417 bits per heavy atom. The summed E-state index contributed by atoms with van der Waals surface area (Å²) in [5.74, 6) is 1.76. The lowest BCUT2D eigenvalue weighted by atomic mass is 10.2. The first kappa shape index (κ1) is 34.6. The maximum atomic E-state index is 5.83. The molecule has 48 heavy (non-hydrogen) atoms. The Balaban J connectivity index is 1.03. The first-order valence-electron chi connectivity index (χ1n) is 17.7. The summed E-state index contributed by atoms with van der Waals surface area (Å²) in [6, 6.07) is 32.3. The van der Waals surface area contributed by atoms with Gasteiger partial charge in [-0.2, -0.15) is 20.5 Å². The predicted octanol–water partition coefficient (Wildman–Crippen LogP) is 11.8. The highest BCUT2D eigenvalue weighted by atomic mass is 16.5. The Morgan fingerprint density at radius 2 is 0.729 bits per heavy atom. The fourth-order valence-electron chi connectivity index (χ4n) is 5.57. The van der Waals surface area contributed by atoms with Crippen LogP contribution in [0.4, 0.5) is 34.1 Å². The van der Waals surface area contributed by atoms with Crippen molar-refractivity contribution in [2.24, 2.45) is 20.5 Å². The van der Waals surface area contributed by atoms with Crippen molar-refractivity contribution in [1.82, 2.24) is 0 Å². The number of hydrogen-bond donors (Lipinski definition) is 0. The molecule has 4 aromatic rings. The van der Waals surface area contributed by atoms with E-state index < -0.39 is 0 Å². The zero-order valence-electron chi connectivity index (χ0n) is 28.6. The molecule has 0 spiro atoms. The van der Waals surface area contributed by atoms with E-state index in [1.54, 1.807) is 0 Å². The molecular weight excluding hydrogens is 596 g/mol. The van der Waals surface area contributed by atoms with Crippen LogP contribution in [0.25, 0.3) is 0 Å². The maximum Gasteiger partial charge on any atom is 0.119 e. The molecule has 0 aliphatic carbocycles. The highest BCUT2D eigenvalue weighted by Crippen LogP contribution is 2.27. The molecule has 0 unspecified atom stereocenters. The first-order valence-corrected chi connectivity index (χ1v) is 17.7. The van der Waals surface area contributed by atoms with Gasteiger partial charge in [0.15, 0.2) is 0 Å². The fourth-order valence-corrected chi connectivity index (χ4v) is 5.57. The van der Waals surface area contributed by atoms with Crippen molar-refractivity contribution in [3.63, 3.8) is 0 Å². The van der Waals surface area contributed by atoms with Gasteiger partial charge < -0.3 is 19.3 Å². The number of hydrogen-bond acceptors (Lipinski definition) is 8. The summed E-state index contributed by atoms with van der Waals surface area (Å²) >= 11 is 0. The van der Waals surface area contributed by atoms with Crippen molar-refractivity contribution in [3.8, 4) is 11.5 Å². The minimum absolute atomic E-state index is 0.760. The van der Waals surface area contributed by atoms with Gasteiger partial charge >= 0.3 is 0 Å². The molecule has 0 atom stereocenters. The number of ether oxygens (including phenoxy) is 2.